The molecule has 0 heterocycles. The molecule has 1 atom stereocenters. The summed E-state index contributed by atoms with van der Waals surface area (Å²) < 4.78 is 0. The number of nitrogens with one attached hydrogen (secondary N) is 1. The Balaban J connectivity index is 0.00000289. The van der Waals surface area contributed by atoms with Crippen LogP contribution in [0.15, 0.2) is 24.3 Å². The maximum absolute atomic E-state index is 12.0. The molecule has 0 aromatic heterocycles. The van der Waals surface area contributed by atoms with E-state index in [0.29, 0.717) is 18.1 Å². The highest BCUT2D eigenvalue weighted by Crippen LogP contribution is 2.17. The van der Waals surface area contributed by atoms with Crippen molar-refractivity contribution in [1.82, 2.24) is 10.2 Å². The maximum Gasteiger partial charge on any atom is 0.226 e. The van der Waals surface area contributed by atoms with Crippen molar-refractivity contribution < 1.29 is 4.79 Å². The first-order valence-electron chi connectivity index (χ1n) is 5.69. The predicted octanol–water partition coefficient (Wildman–Crippen LogP) is 2.58. The standard InChI is InChI=1S/C13H19ClN2O.ClH/c1-10(8-15-2)13(17)16(3)9-11-6-4-5-7-12(11)14;/h4-7,10,15H,8-9H2,1-3H3;1H. The van der Waals surface area contributed by atoms with Crippen LogP contribution in [0.2, 0.25) is 5.02 Å². The van der Waals surface area contributed by atoms with Crippen LogP contribution >= 0.6 is 24.0 Å². The van der Waals surface area contributed by atoms with Crippen molar-refractivity contribution in [3.05, 3.63) is 34.9 Å². The van der Waals surface area contributed by atoms with Crippen molar-refractivity contribution in [3.8, 4) is 0 Å². The van der Waals surface area contributed by atoms with Crippen molar-refractivity contribution in [2.75, 3.05) is 20.6 Å². The van der Waals surface area contributed by atoms with E-state index in [1.165, 1.54) is 0 Å². The van der Waals surface area contributed by atoms with Crippen molar-refractivity contribution in [2.45, 2.75) is 13.5 Å². The Bertz CT molecular complexity index is 385. The Kier molecular flexibility index (Phi) is 8.00. The van der Waals surface area contributed by atoms with Crippen LogP contribution in [-0.2, 0) is 11.3 Å². The van der Waals surface area contributed by atoms with Crippen LogP contribution in [0.25, 0.3) is 0 Å². The van der Waals surface area contributed by atoms with Gasteiger partial charge in [-0.1, -0.05) is 36.7 Å². The topological polar surface area (TPSA) is 32.3 Å². The zero-order valence-electron chi connectivity index (χ0n) is 10.9. The van der Waals surface area contributed by atoms with Crippen LogP contribution in [-0.4, -0.2) is 31.4 Å². The monoisotopic (exact) mass is 290 g/mol. The van der Waals surface area contributed by atoms with E-state index in [-0.39, 0.29) is 24.2 Å². The number of benzene rings is 1. The van der Waals surface area contributed by atoms with Gasteiger partial charge in [-0.05, 0) is 18.7 Å². The molecule has 0 aliphatic heterocycles. The number of amides is 1. The lowest BCUT2D eigenvalue weighted by molar-refractivity contribution is -0.134. The number of hydrogen-bond donors (Lipinski definition) is 1. The number of nitrogens with zero attached hydrogens (tertiary/aromatic N) is 1. The molecule has 3 nitrogen and oxygen atoms in total. The largest absolute Gasteiger partial charge is 0.341 e. The lowest BCUT2D eigenvalue weighted by Crippen LogP contribution is -2.35. The Morgan fingerprint density at radius 1 is 1.44 bits per heavy atom. The molecule has 18 heavy (non-hydrogen) atoms. The fourth-order valence-electron chi connectivity index (χ4n) is 1.73. The van der Waals surface area contributed by atoms with E-state index < -0.39 is 0 Å². The molecular formula is C13H20Cl2N2O. The fraction of sp³-hybridized carbons (Fsp3) is 0.462. The van der Waals surface area contributed by atoms with E-state index in [9.17, 15) is 4.79 Å². The van der Waals surface area contributed by atoms with Gasteiger partial charge in [0.25, 0.3) is 0 Å². The zero-order valence-corrected chi connectivity index (χ0v) is 12.5. The van der Waals surface area contributed by atoms with E-state index >= 15 is 0 Å². The highest BCUT2D eigenvalue weighted by molar-refractivity contribution is 6.31. The highest BCUT2D eigenvalue weighted by Gasteiger charge is 2.17. The lowest BCUT2D eigenvalue weighted by atomic mass is 10.1. The molecule has 0 fully saturated rings. The fourth-order valence-corrected chi connectivity index (χ4v) is 1.93. The second kappa shape index (κ2) is 8.35. The van der Waals surface area contributed by atoms with Gasteiger partial charge in [0, 0.05) is 31.1 Å². The molecule has 0 saturated carbocycles. The first kappa shape index (κ1) is 17.2. The molecule has 0 bridgehead atoms. The van der Waals surface area contributed by atoms with Gasteiger partial charge in [0.2, 0.25) is 5.91 Å². The number of carbonyl (C=O) groups excluding carboxylic acids is 1. The SMILES string of the molecule is CNCC(C)C(=O)N(C)Cc1ccccc1Cl.Cl. The molecule has 1 unspecified atom stereocenters. The van der Waals surface area contributed by atoms with Gasteiger partial charge in [-0.15, -0.1) is 12.4 Å². The van der Waals surface area contributed by atoms with Gasteiger partial charge in [-0.3, -0.25) is 4.79 Å². The van der Waals surface area contributed by atoms with E-state index in [0.717, 1.165) is 5.56 Å². The van der Waals surface area contributed by atoms with E-state index in [2.05, 4.69) is 5.32 Å². The molecular weight excluding hydrogens is 271 g/mol. The minimum absolute atomic E-state index is 0. The lowest BCUT2D eigenvalue weighted by Gasteiger charge is -2.21. The van der Waals surface area contributed by atoms with Crippen molar-refractivity contribution >= 4 is 29.9 Å². The summed E-state index contributed by atoms with van der Waals surface area (Å²) in [6.07, 6.45) is 0. The van der Waals surface area contributed by atoms with Gasteiger partial charge < -0.3 is 10.2 Å². The summed E-state index contributed by atoms with van der Waals surface area (Å²) in [6.45, 7) is 3.15. The first-order valence-corrected chi connectivity index (χ1v) is 6.07. The smallest absolute Gasteiger partial charge is 0.226 e. The van der Waals surface area contributed by atoms with Crippen LogP contribution < -0.4 is 5.32 Å². The molecule has 0 spiro atoms. The van der Waals surface area contributed by atoms with Gasteiger partial charge >= 0.3 is 0 Å². The third-order valence-electron chi connectivity index (χ3n) is 2.67. The molecule has 5 heteroatoms. The molecule has 0 aliphatic rings. The third-order valence-corrected chi connectivity index (χ3v) is 3.04. The van der Waals surface area contributed by atoms with Gasteiger partial charge in [0.05, 0.1) is 0 Å². The third kappa shape index (κ3) is 4.84. The molecule has 0 aliphatic carbocycles. The van der Waals surface area contributed by atoms with E-state index in [1.807, 2.05) is 38.2 Å². The second-order valence-corrected chi connectivity index (χ2v) is 4.65. The van der Waals surface area contributed by atoms with Gasteiger partial charge in [0.1, 0.15) is 0 Å². The van der Waals surface area contributed by atoms with Gasteiger partial charge in [-0.25, -0.2) is 0 Å². The van der Waals surface area contributed by atoms with E-state index in [4.69, 9.17) is 11.6 Å². The summed E-state index contributed by atoms with van der Waals surface area (Å²) >= 11 is 6.06. The zero-order chi connectivity index (χ0) is 12.8. The first-order chi connectivity index (χ1) is 8.06. The van der Waals surface area contributed by atoms with Crippen LogP contribution in [0.5, 0.6) is 0 Å². The Labute approximate surface area is 120 Å². The summed E-state index contributed by atoms with van der Waals surface area (Å²) in [5.41, 5.74) is 0.974. The van der Waals surface area contributed by atoms with Crippen molar-refractivity contribution in [3.63, 3.8) is 0 Å². The molecule has 1 N–H and O–H groups in total. The van der Waals surface area contributed by atoms with Gasteiger partial charge in [-0.2, -0.15) is 0 Å². The summed E-state index contributed by atoms with van der Waals surface area (Å²) in [6, 6.07) is 7.59. The summed E-state index contributed by atoms with van der Waals surface area (Å²) in [5, 5.41) is 3.71. The molecule has 1 amide bonds. The molecule has 1 aromatic rings. The minimum Gasteiger partial charge on any atom is -0.341 e. The van der Waals surface area contributed by atoms with Crippen LogP contribution in [0.3, 0.4) is 0 Å². The number of rotatable bonds is 5. The predicted molar refractivity (Wildman–Crippen MR) is 78.3 cm³/mol. The number of hydrogen-bond acceptors (Lipinski definition) is 2. The van der Waals surface area contributed by atoms with Crippen molar-refractivity contribution in [1.29, 1.82) is 0 Å². The summed E-state index contributed by atoms with van der Waals surface area (Å²) in [7, 11) is 3.65. The summed E-state index contributed by atoms with van der Waals surface area (Å²) in [4.78, 5) is 13.7. The molecule has 102 valence electrons. The van der Waals surface area contributed by atoms with Gasteiger partial charge in [0.15, 0.2) is 0 Å². The highest BCUT2D eigenvalue weighted by atomic mass is 35.5. The normalized spacial score (nSPS) is 11.6. The summed E-state index contributed by atoms with van der Waals surface area (Å²) in [5.74, 6) is 0.103. The second-order valence-electron chi connectivity index (χ2n) is 4.24. The van der Waals surface area contributed by atoms with Crippen LogP contribution in [0, 0.1) is 5.92 Å². The Morgan fingerprint density at radius 3 is 2.61 bits per heavy atom. The van der Waals surface area contributed by atoms with Crippen molar-refractivity contribution in [2.24, 2.45) is 5.92 Å². The van der Waals surface area contributed by atoms with E-state index in [1.54, 1.807) is 11.9 Å². The maximum atomic E-state index is 12.0. The molecule has 1 aromatic carbocycles. The Hall–Kier alpha value is -0.770. The van der Waals surface area contributed by atoms with Crippen LogP contribution in [0.4, 0.5) is 0 Å². The number of carbonyl (C=O) groups is 1. The Morgan fingerprint density at radius 2 is 2.06 bits per heavy atom. The number of halogens is 2. The average Bonchev–Trinajstić information content (AvgIpc) is 2.31. The molecule has 0 radical (unpaired) electrons. The average molecular weight is 291 g/mol. The van der Waals surface area contributed by atoms with Crippen LogP contribution in [0.1, 0.15) is 12.5 Å². The molecule has 1 rings (SSSR count). The quantitative estimate of drug-likeness (QED) is 0.904. The molecule has 0 saturated heterocycles. The minimum atomic E-state index is -0.0208.